The van der Waals surface area contributed by atoms with Gasteiger partial charge in [0.05, 0.1) is 12.4 Å². The zero-order chi connectivity index (χ0) is 12.4. The third kappa shape index (κ3) is 2.32. The first-order valence-corrected chi connectivity index (χ1v) is 4.89. The third-order valence-corrected chi connectivity index (χ3v) is 2.32. The second-order valence-corrected chi connectivity index (χ2v) is 3.52. The van der Waals surface area contributed by atoms with Gasteiger partial charge in [0.25, 0.3) is 0 Å². The number of rotatable bonds is 3. The average Bonchev–Trinajstić information content (AvgIpc) is 2.59. The van der Waals surface area contributed by atoms with Gasteiger partial charge >= 0.3 is 0 Å². The lowest BCUT2D eigenvalue weighted by molar-refractivity contribution is 0.575. The van der Waals surface area contributed by atoms with Crippen molar-refractivity contribution in [1.82, 2.24) is 14.8 Å². The summed E-state index contributed by atoms with van der Waals surface area (Å²) >= 11 is 0. The highest BCUT2D eigenvalue weighted by molar-refractivity contribution is 5.43. The summed E-state index contributed by atoms with van der Waals surface area (Å²) in [7, 11) is 1.70. The van der Waals surface area contributed by atoms with Crippen molar-refractivity contribution in [2.45, 2.75) is 6.54 Å². The zero-order valence-electron chi connectivity index (χ0n) is 9.11. The fourth-order valence-corrected chi connectivity index (χ4v) is 1.35. The minimum Gasteiger partial charge on any atom is -0.384 e. The van der Waals surface area contributed by atoms with Crippen LogP contribution in [-0.4, -0.2) is 14.8 Å². The number of nitrogens with two attached hydrogens (primary N) is 1. The van der Waals surface area contributed by atoms with Crippen LogP contribution in [0, 0.1) is 11.6 Å². The first-order chi connectivity index (χ1) is 8.08. The molecule has 0 aliphatic heterocycles. The van der Waals surface area contributed by atoms with Gasteiger partial charge in [0.1, 0.15) is 11.6 Å². The molecule has 2 aromatic rings. The summed E-state index contributed by atoms with van der Waals surface area (Å²) in [6, 6.07) is 0.766. The highest BCUT2D eigenvalue weighted by Crippen LogP contribution is 2.15. The number of hydrogen-bond acceptors (Lipinski definition) is 4. The highest BCUT2D eigenvalue weighted by atomic mass is 19.1. The normalized spacial score (nSPS) is 10.5. The SMILES string of the molecule is Cn1ncc(CNc2ncc(F)cc2F)c1N. The Morgan fingerprint density at radius 1 is 1.41 bits per heavy atom. The van der Waals surface area contributed by atoms with Gasteiger partial charge in [0.2, 0.25) is 0 Å². The molecule has 0 bridgehead atoms. The molecule has 0 aromatic carbocycles. The number of anilines is 2. The van der Waals surface area contributed by atoms with Crippen LogP contribution in [0.5, 0.6) is 0 Å². The zero-order valence-corrected chi connectivity index (χ0v) is 9.11. The minimum absolute atomic E-state index is 0.0188. The van der Waals surface area contributed by atoms with E-state index in [1.165, 1.54) is 4.68 Å². The van der Waals surface area contributed by atoms with E-state index < -0.39 is 11.6 Å². The number of hydrogen-bond donors (Lipinski definition) is 2. The molecule has 0 fully saturated rings. The predicted molar refractivity (Wildman–Crippen MR) is 59.1 cm³/mol. The lowest BCUT2D eigenvalue weighted by Gasteiger charge is -2.05. The molecule has 2 rings (SSSR count). The van der Waals surface area contributed by atoms with Gasteiger partial charge in [-0.2, -0.15) is 5.10 Å². The van der Waals surface area contributed by atoms with E-state index in [-0.39, 0.29) is 12.4 Å². The molecule has 0 saturated heterocycles. The van der Waals surface area contributed by atoms with E-state index in [4.69, 9.17) is 5.73 Å². The summed E-state index contributed by atoms with van der Waals surface area (Å²) in [5, 5.41) is 6.67. The summed E-state index contributed by atoms with van der Waals surface area (Å²) < 4.78 is 27.4. The first kappa shape index (κ1) is 11.3. The Labute approximate surface area is 96.3 Å². The van der Waals surface area contributed by atoms with Crippen LogP contribution >= 0.6 is 0 Å². The lowest BCUT2D eigenvalue weighted by Crippen LogP contribution is -2.06. The van der Waals surface area contributed by atoms with Crippen LogP contribution in [0.1, 0.15) is 5.56 Å². The Hall–Kier alpha value is -2.18. The predicted octanol–water partition coefficient (Wildman–Crippen LogP) is 1.29. The molecular weight excluding hydrogens is 228 g/mol. The van der Waals surface area contributed by atoms with Crippen molar-refractivity contribution in [2.75, 3.05) is 11.1 Å². The fourth-order valence-electron chi connectivity index (χ4n) is 1.35. The first-order valence-electron chi connectivity index (χ1n) is 4.89. The Balaban J connectivity index is 2.10. The van der Waals surface area contributed by atoms with Gasteiger partial charge in [-0.3, -0.25) is 4.68 Å². The Morgan fingerprint density at radius 2 is 2.18 bits per heavy atom. The minimum atomic E-state index is -0.743. The largest absolute Gasteiger partial charge is 0.384 e. The van der Waals surface area contributed by atoms with Crippen molar-refractivity contribution in [1.29, 1.82) is 0 Å². The van der Waals surface area contributed by atoms with E-state index in [0.717, 1.165) is 17.8 Å². The number of nitrogens with one attached hydrogen (secondary N) is 1. The molecule has 5 nitrogen and oxygen atoms in total. The van der Waals surface area contributed by atoms with Crippen LogP contribution in [0.15, 0.2) is 18.5 Å². The van der Waals surface area contributed by atoms with Gasteiger partial charge in [-0.05, 0) is 0 Å². The number of nitrogens with zero attached hydrogens (tertiary/aromatic N) is 3. The molecule has 0 radical (unpaired) electrons. The number of aromatic nitrogens is 3. The molecule has 17 heavy (non-hydrogen) atoms. The molecular formula is C10H11F2N5. The maximum atomic E-state index is 13.2. The van der Waals surface area contributed by atoms with Gasteiger partial charge < -0.3 is 11.1 Å². The Morgan fingerprint density at radius 3 is 2.76 bits per heavy atom. The van der Waals surface area contributed by atoms with E-state index in [0.29, 0.717) is 5.82 Å². The highest BCUT2D eigenvalue weighted by Gasteiger charge is 2.08. The molecule has 2 heterocycles. The van der Waals surface area contributed by atoms with E-state index in [1.54, 1.807) is 13.2 Å². The van der Waals surface area contributed by atoms with Gasteiger partial charge in [-0.1, -0.05) is 0 Å². The van der Waals surface area contributed by atoms with Crippen LogP contribution < -0.4 is 11.1 Å². The summed E-state index contributed by atoms with van der Waals surface area (Å²) in [5.74, 6) is -0.990. The standard InChI is InChI=1S/C10H11F2N5/c1-17-9(13)6(4-16-17)3-14-10-8(12)2-7(11)5-15-10/h2,4-5H,3,13H2,1H3,(H,14,15). The molecule has 7 heteroatoms. The van der Waals surface area contributed by atoms with Gasteiger partial charge in [-0.25, -0.2) is 13.8 Å². The van der Waals surface area contributed by atoms with E-state index >= 15 is 0 Å². The molecule has 3 N–H and O–H groups in total. The topological polar surface area (TPSA) is 68.8 Å². The molecule has 90 valence electrons. The van der Waals surface area contributed by atoms with Crippen molar-refractivity contribution in [3.05, 3.63) is 35.7 Å². The molecule has 2 aromatic heterocycles. The summed E-state index contributed by atoms with van der Waals surface area (Å²) in [6.45, 7) is 0.273. The van der Waals surface area contributed by atoms with Crippen molar-refractivity contribution >= 4 is 11.6 Å². The van der Waals surface area contributed by atoms with Crippen molar-refractivity contribution < 1.29 is 8.78 Å². The van der Waals surface area contributed by atoms with Gasteiger partial charge in [-0.15, -0.1) is 0 Å². The molecule has 0 unspecified atom stereocenters. The Kier molecular flexibility index (Phi) is 2.90. The molecule has 0 aliphatic rings. The van der Waals surface area contributed by atoms with Crippen LogP contribution in [-0.2, 0) is 13.6 Å². The maximum Gasteiger partial charge on any atom is 0.168 e. The van der Waals surface area contributed by atoms with E-state index in [2.05, 4.69) is 15.4 Å². The van der Waals surface area contributed by atoms with Crippen LogP contribution in [0.25, 0.3) is 0 Å². The molecule has 0 saturated carbocycles. The number of nitrogen functional groups attached to an aromatic ring is 1. The van der Waals surface area contributed by atoms with Crippen molar-refractivity contribution in [3.8, 4) is 0 Å². The van der Waals surface area contributed by atoms with Gasteiger partial charge in [0.15, 0.2) is 11.6 Å². The van der Waals surface area contributed by atoms with Gasteiger partial charge in [0, 0.05) is 25.2 Å². The smallest absolute Gasteiger partial charge is 0.168 e. The second-order valence-electron chi connectivity index (χ2n) is 3.52. The molecule has 0 aliphatic carbocycles. The number of aryl methyl sites for hydroxylation is 1. The number of pyridine rings is 1. The number of halogens is 2. The van der Waals surface area contributed by atoms with Crippen molar-refractivity contribution in [3.63, 3.8) is 0 Å². The molecule has 0 amide bonds. The van der Waals surface area contributed by atoms with Crippen LogP contribution in [0.4, 0.5) is 20.4 Å². The fraction of sp³-hybridized carbons (Fsp3) is 0.200. The summed E-state index contributed by atoms with van der Waals surface area (Å²) in [5.41, 5.74) is 6.44. The van der Waals surface area contributed by atoms with Crippen molar-refractivity contribution in [2.24, 2.45) is 7.05 Å². The summed E-state index contributed by atoms with van der Waals surface area (Å²) in [4.78, 5) is 3.60. The average molecular weight is 239 g/mol. The van der Waals surface area contributed by atoms with Crippen LogP contribution in [0.3, 0.4) is 0 Å². The quantitative estimate of drug-likeness (QED) is 0.846. The van der Waals surface area contributed by atoms with Crippen LogP contribution in [0.2, 0.25) is 0 Å². The molecule has 0 spiro atoms. The van der Waals surface area contributed by atoms with E-state index in [9.17, 15) is 8.78 Å². The summed E-state index contributed by atoms with van der Waals surface area (Å²) in [6.07, 6.45) is 2.52. The maximum absolute atomic E-state index is 13.2. The molecule has 0 atom stereocenters. The monoisotopic (exact) mass is 239 g/mol. The van der Waals surface area contributed by atoms with E-state index in [1.807, 2.05) is 0 Å². The second kappa shape index (κ2) is 4.36. The Bertz CT molecular complexity index is 537. The lowest BCUT2D eigenvalue weighted by atomic mass is 10.3. The third-order valence-electron chi connectivity index (χ3n) is 2.32.